The molecule has 2 atom stereocenters. The molecule has 0 spiro atoms. The molecule has 35 heavy (non-hydrogen) atoms. The zero-order valence-corrected chi connectivity index (χ0v) is 20.3. The van der Waals surface area contributed by atoms with Crippen molar-refractivity contribution in [2.24, 2.45) is 5.92 Å². The van der Waals surface area contributed by atoms with Gasteiger partial charge in [-0.25, -0.2) is 4.39 Å². The van der Waals surface area contributed by atoms with E-state index in [4.69, 9.17) is 0 Å². The fourth-order valence-corrected chi connectivity index (χ4v) is 3.51. The molecule has 0 radical (unpaired) electrons. The van der Waals surface area contributed by atoms with Crippen LogP contribution >= 0.6 is 0 Å². The Labute approximate surface area is 204 Å². The van der Waals surface area contributed by atoms with Gasteiger partial charge in [0.1, 0.15) is 11.9 Å². The number of hydrogen-bond acceptors (Lipinski definition) is 3. The minimum Gasteiger partial charge on any atom is -0.348 e. The van der Waals surface area contributed by atoms with Gasteiger partial charge in [-0.2, -0.15) is 0 Å². The first-order valence-electron chi connectivity index (χ1n) is 11.5. The quantitative estimate of drug-likeness (QED) is 0.428. The zero-order chi connectivity index (χ0) is 25.5. The third-order valence-electron chi connectivity index (χ3n) is 5.68. The summed E-state index contributed by atoms with van der Waals surface area (Å²) in [7, 11) is 0. The molecule has 0 aliphatic heterocycles. The van der Waals surface area contributed by atoms with Crippen molar-refractivity contribution < 1.29 is 18.8 Å². The van der Waals surface area contributed by atoms with Gasteiger partial charge in [0.05, 0.1) is 6.04 Å². The molecule has 0 saturated carbocycles. The van der Waals surface area contributed by atoms with Crippen LogP contribution in [0.4, 0.5) is 10.1 Å². The molecule has 182 valence electrons. The normalized spacial score (nSPS) is 12.5. The van der Waals surface area contributed by atoms with Crippen molar-refractivity contribution in [1.82, 2.24) is 10.6 Å². The highest BCUT2D eigenvalue weighted by molar-refractivity contribution is 6.04. The molecule has 3 aromatic carbocycles. The van der Waals surface area contributed by atoms with Gasteiger partial charge in [-0.05, 0) is 73.9 Å². The van der Waals surface area contributed by atoms with Crippen molar-refractivity contribution in [3.8, 4) is 0 Å². The largest absolute Gasteiger partial charge is 0.348 e. The lowest BCUT2D eigenvalue weighted by atomic mass is 10.0. The molecule has 3 amide bonds. The smallest absolute Gasteiger partial charge is 0.255 e. The van der Waals surface area contributed by atoms with E-state index in [9.17, 15) is 18.8 Å². The number of amides is 3. The van der Waals surface area contributed by atoms with Crippen molar-refractivity contribution in [1.29, 1.82) is 0 Å². The molecule has 3 aromatic rings. The van der Waals surface area contributed by atoms with Crippen LogP contribution in [-0.4, -0.2) is 23.8 Å². The van der Waals surface area contributed by atoms with E-state index in [0.717, 1.165) is 11.1 Å². The van der Waals surface area contributed by atoms with Gasteiger partial charge in [-0.15, -0.1) is 0 Å². The van der Waals surface area contributed by atoms with Crippen LogP contribution in [0, 0.1) is 18.7 Å². The Hall–Kier alpha value is -4.00. The van der Waals surface area contributed by atoms with E-state index < -0.39 is 11.9 Å². The van der Waals surface area contributed by atoms with Gasteiger partial charge < -0.3 is 16.0 Å². The lowest BCUT2D eigenvalue weighted by Gasteiger charge is -2.24. The number of halogens is 1. The summed E-state index contributed by atoms with van der Waals surface area (Å²) in [5.74, 6) is -1.44. The van der Waals surface area contributed by atoms with Gasteiger partial charge in [-0.3, -0.25) is 14.4 Å². The molecule has 3 N–H and O–H groups in total. The maximum atomic E-state index is 13.1. The van der Waals surface area contributed by atoms with Gasteiger partial charge >= 0.3 is 0 Å². The van der Waals surface area contributed by atoms with Gasteiger partial charge in [0.15, 0.2) is 0 Å². The number of carbonyl (C=O) groups is 3. The Morgan fingerprint density at radius 1 is 0.714 bits per heavy atom. The summed E-state index contributed by atoms with van der Waals surface area (Å²) in [5, 5.41) is 8.56. The molecule has 0 saturated heterocycles. The maximum Gasteiger partial charge on any atom is 0.255 e. The number of aryl methyl sites for hydroxylation is 1. The molecule has 0 aliphatic carbocycles. The monoisotopic (exact) mass is 475 g/mol. The first-order valence-corrected chi connectivity index (χ1v) is 11.5. The lowest BCUT2D eigenvalue weighted by Crippen LogP contribution is -2.50. The standard InChI is InChI=1S/C28H30FN3O3/c1-17(2)25(32-27(34)21-7-5-18(3)6-8-21)28(35)30-19(4)20-11-15-24(16-12-20)31-26(33)22-9-13-23(29)14-10-22/h5-17,19,25H,1-4H3,(H,30,35)(H,31,33)(H,32,34). The lowest BCUT2D eigenvalue weighted by molar-refractivity contribution is -0.124. The minimum atomic E-state index is -0.694. The molecular weight excluding hydrogens is 445 g/mol. The Bertz CT molecular complexity index is 1170. The molecule has 7 heteroatoms. The number of benzene rings is 3. The average molecular weight is 476 g/mol. The molecule has 2 unspecified atom stereocenters. The van der Waals surface area contributed by atoms with Crippen molar-refractivity contribution in [3.63, 3.8) is 0 Å². The highest BCUT2D eigenvalue weighted by atomic mass is 19.1. The number of hydrogen-bond donors (Lipinski definition) is 3. The Morgan fingerprint density at radius 2 is 1.26 bits per heavy atom. The van der Waals surface area contributed by atoms with Crippen LogP contribution in [0.5, 0.6) is 0 Å². The Kier molecular flexibility index (Phi) is 8.36. The highest BCUT2D eigenvalue weighted by Gasteiger charge is 2.26. The van der Waals surface area contributed by atoms with Crippen LogP contribution in [0.25, 0.3) is 0 Å². The predicted molar refractivity (Wildman–Crippen MR) is 135 cm³/mol. The first kappa shape index (κ1) is 25.6. The summed E-state index contributed by atoms with van der Waals surface area (Å²) >= 11 is 0. The van der Waals surface area contributed by atoms with Crippen LogP contribution in [0.2, 0.25) is 0 Å². The molecule has 0 bridgehead atoms. The number of nitrogens with one attached hydrogen (secondary N) is 3. The zero-order valence-electron chi connectivity index (χ0n) is 20.3. The summed E-state index contributed by atoms with van der Waals surface area (Å²) in [6.07, 6.45) is 0. The van der Waals surface area contributed by atoms with E-state index in [0.29, 0.717) is 16.8 Å². The van der Waals surface area contributed by atoms with Crippen molar-refractivity contribution >= 4 is 23.4 Å². The van der Waals surface area contributed by atoms with Crippen molar-refractivity contribution in [3.05, 3.63) is 101 Å². The maximum absolute atomic E-state index is 13.1. The van der Waals surface area contributed by atoms with Crippen LogP contribution in [0.3, 0.4) is 0 Å². The molecule has 0 heterocycles. The Balaban J connectivity index is 1.60. The number of anilines is 1. The minimum absolute atomic E-state index is 0.111. The molecule has 6 nitrogen and oxygen atoms in total. The van der Waals surface area contributed by atoms with Crippen LogP contribution in [0.1, 0.15) is 58.7 Å². The van der Waals surface area contributed by atoms with E-state index in [1.54, 1.807) is 36.4 Å². The van der Waals surface area contributed by atoms with Gasteiger partial charge in [-0.1, -0.05) is 43.7 Å². The van der Waals surface area contributed by atoms with E-state index in [2.05, 4.69) is 16.0 Å². The fourth-order valence-electron chi connectivity index (χ4n) is 3.51. The fraction of sp³-hybridized carbons (Fsp3) is 0.250. The van der Waals surface area contributed by atoms with Crippen LogP contribution in [0.15, 0.2) is 72.8 Å². The van der Waals surface area contributed by atoms with E-state index in [-0.39, 0.29) is 29.7 Å². The average Bonchev–Trinajstić information content (AvgIpc) is 2.83. The SMILES string of the molecule is Cc1ccc(C(=O)NC(C(=O)NC(C)c2ccc(NC(=O)c3ccc(F)cc3)cc2)C(C)C)cc1. The summed E-state index contributed by atoms with van der Waals surface area (Å²) in [4.78, 5) is 37.9. The second-order valence-electron chi connectivity index (χ2n) is 8.87. The highest BCUT2D eigenvalue weighted by Crippen LogP contribution is 2.18. The van der Waals surface area contributed by atoms with Crippen molar-refractivity contribution in [2.75, 3.05) is 5.32 Å². The predicted octanol–water partition coefficient (Wildman–Crippen LogP) is 5.02. The third kappa shape index (κ3) is 6.99. The summed E-state index contributed by atoms with van der Waals surface area (Å²) in [5.41, 5.74) is 3.32. The summed E-state index contributed by atoms with van der Waals surface area (Å²) in [6, 6.07) is 18.5. The molecule has 0 aliphatic rings. The summed E-state index contributed by atoms with van der Waals surface area (Å²) in [6.45, 7) is 7.55. The van der Waals surface area contributed by atoms with Gasteiger partial charge in [0.2, 0.25) is 5.91 Å². The van der Waals surface area contributed by atoms with E-state index in [1.165, 1.54) is 24.3 Å². The molecule has 0 aromatic heterocycles. The van der Waals surface area contributed by atoms with Gasteiger partial charge in [0, 0.05) is 16.8 Å². The van der Waals surface area contributed by atoms with Crippen molar-refractivity contribution in [2.45, 2.75) is 39.8 Å². The van der Waals surface area contributed by atoms with E-state index >= 15 is 0 Å². The topological polar surface area (TPSA) is 87.3 Å². The third-order valence-corrected chi connectivity index (χ3v) is 5.68. The summed E-state index contributed by atoms with van der Waals surface area (Å²) < 4.78 is 13.1. The first-order chi connectivity index (χ1) is 16.6. The second-order valence-corrected chi connectivity index (χ2v) is 8.87. The second kappa shape index (κ2) is 11.4. The molecular formula is C28H30FN3O3. The number of rotatable bonds is 8. The van der Waals surface area contributed by atoms with Crippen LogP contribution < -0.4 is 16.0 Å². The van der Waals surface area contributed by atoms with Gasteiger partial charge in [0.25, 0.3) is 11.8 Å². The van der Waals surface area contributed by atoms with Crippen LogP contribution in [-0.2, 0) is 4.79 Å². The van der Waals surface area contributed by atoms with E-state index in [1.807, 2.05) is 39.8 Å². The number of carbonyl (C=O) groups excluding carboxylic acids is 3. The Morgan fingerprint density at radius 3 is 1.83 bits per heavy atom. The molecule has 3 rings (SSSR count). The molecule has 0 fully saturated rings.